The molecule has 1 saturated carbocycles. The van der Waals surface area contributed by atoms with Crippen LogP contribution in [0, 0.1) is 5.92 Å². The van der Waals surface area contributed by atoms with Crippen LogP contribution in [0.25, 0.3) is 0 Å². The van der Waals surface area contributed by atoms with Gasteiger partial charge in [0, 0.05) is 19.1 Å². The van der Waals surface area contributed by atoms with E-state index in [4.69, 9.17) is 4.74 Å². The van der Waals surface area contributed by atoms with Gasteiger partial charge in [0.1, 0.15) is 5.75 Å². The van der Waals surface area contributed by atoms with Crippen molar-refractivity contribution in [3.8, 4) is 5.75 Å². The molecule has 1 aliphatic heterocycles. The highest BCUT2D eigenvalue weighted by atomic mass is 35.5. The second-order valence-corrected chi connectivity index (χ2v) is 6.82. The van der Waals surface area contributed by atoms with Crippen LogP contribution >= 0.6 is 12.4 Å². The van der Waals surface area contributed by atoms with Gasteiger partial charge in [-0.1, -0.05) is 6.07 Å². The lowest BCUT2D eigenvalue weighted by Gasteiger charge is -2.32. The molecule has 1 aromatic rings. The van der Waals surface area contributed by atoms with Crippen molar-refractivity contribution in [2.24, 2.45) is 5.92 Å². The van der Waals surface area contributed by atoms with E-state index in [9.17, 15) is 18.0 Å². The number of halogens is 4. The number of carbonyl (C=O) groups is 1. The second-order valence-electron chi connectivity index (χ2n) is 6.82. The van der Waals surface area contributed by atoms with E-state index in [1.807, 2.05) is 0 Å². The third-order valence-electron chi connectivity index (χ3n) is 4.76. The molecule has 2 aliphatic rings. The zero-order chi connectivity index (χ0) is 17.9. The first-order chi connectivity index (χ1) is 11.9. The van der Waals surface area contributed by atoms with Crippen molar-refractivity contribution in [2.75, 3.05) is 26.2 Å². The zero-order valence-corrected chi connectivity index (χ0v) is 15.2. The number of benzene rings is 1. The number of piperidine rings is 1. The molecule has 1 amide bonds. The fourth-order valence-electron chi connectivity index (χ4n) is 2.99. The molecule has 0 radical (unpaired) electrons. The van der Waals surface area contributed by atoms with Crippen molar-refractivity contribution in [1.29, 1.82) is 0 Å². The molecule has 8 heteroatoms. The number of amides is 1. The highest BCUT2D eigenvalue weighted by Gasteiger charge is 2.31. The van der Waals surface area contributed by atoms with Gasteiger partial charge in [-0.15, -0.1) is 12.4 Å². The van der Waals surface area contributed by atoms with Gasteiger partial charge in [0.25, 0.3) is 5.91 Å². The molecular formula is C18H24ClF3N2O2. The van der Waals surface area contributed by atoms with Gasteiger partial charge in [-0.2, -0.15) is 13.2 Å². The van der Waals surface area contributed by atoms with E-state index < -0.39 is 11.7 Å². The van der Waals surface area contributed by atoms with Crippen LogP contribution in [0.2, 0.25) is 0 Å². The van der Waals surface area contributed by atoms with E-state index in [1.54, 1.807) is 4.90 Å². The fraction of sp³-hybridized carbons (Fsp3) is 0.611. The van der Waals surface area contributed by atoms with Gasteiger partial charge in [-0.25, -0.2) is 0 Å². The summed E-state index contributed by atoms with van der Waals surface area (Å²) in [5.74, 6) is 0.711. The van der Waals surface area contributed by atoms with E-state index >= 15 is 0 Å². The Balaban J connectivity index is 0.00000243. The summed E-state index contributed by atoms with van der Waals surface area (Å²) in [7, 11) is 0. The summed E-state index contributed by atoms with van der Waals surface area (Å²) >= 11 is 0. The number of nitrogens with one attached hydrogen (secondary N) is 1. The van der Waals surface area contributed by atoms with E-state index in [2.05, 4.69) is 5.32 Å². The van der Waals surface area contributed by atoms with Crippen LogP contribution < -0.4 is 10.1 Å². The molecule has 1 saturated heterocycles. The maximum atomic E-state index is 12.7. The Morgan fingerprint density at radius 2 is 1.88 bits per heavy atom. The highest BCUT2D eigenvalue weighted by Crippen LogP contribution is 2.31. The smallest absolute Gasteiger partial charge is 0.416 e. The first kappa shape index (κ1) is 20.8. The van der Waals surface area contributed by atoms with Gasteiger partial charge in [-0.3, -0.25) is 4.79 Å². The predicted molar refractivity (Wildman–Crippen MR) is 94.5 cm³/mol. The Morgan fingerprint density at radius 3 is 2.50 bits per heavy atom. The van der Waals surface area contributed by atoms with Gasteiger partial charge in [0.05, 0.1) is 5.56 Å². The molecule has 1 heterocycles. The fourth-order valence-corrected chi connectivity index (χ4v) is 2.99. The summed E-state index contributed by atoms with van der Waals surface area (Å²) in [6.45, 7) is 2.15. The Labute approximate surface area is 157 Å². The molecule has 1 N–H and O–H groups in total. The summed E-state index contributed by atoms with van der Waals surface area (Å²) < 4.78 is 43.3. The molecule has 4 nitrogen and oxygen atoms in total. The van der Waals surface area contributed by atoms with Gasteiger partial charge in [0.2, 0.25) is 0 Å². The molecule has 146 valence electrons. The van der Waals surface area contributed by atoms with Crippen LogP contribution in [0.1, 0.15) is 31.2 Å². The Kier molecular flexibility index (Phi) is 7.17. The molecule has 0 atom stereocenters. The average molecular weight is 393 g/mol. The van der Waals surface area contributed by atoms with Gasteiger partial charge < -0.3 is 15.0 Å². The first-order valence-corrected chi connectivity index (χ1v) is 8.73. The summed E-state index contributed by atoms with van der Waals surface area (Å²) in [5.41, 5.74) is -0.778. The molecule has 1 aromatic carbocycles. The van der Waals surface area contributed by atoms with E-state index in [1.165, 1.54) is 25.0 Å². The Morgan fingerprint density at radius 1 is 1.19 bits per heavy atom. The summed E-state index contributed by atoms with van der Waals surface area (Å²) in [5, 5.41) is 3.55. The molecule has 0 aromatic heterocycles. The molecule has 0 unspecified atom stereocenters. The number of nitrogens with zero attached hydrogens (tertiary/aromatic N) is 1. The standard InChI is InChI=1S/C18H23F3N2O2.ClH/c19-18(20,21)14-2-1-3-16(10-14)25-12-17(24)23-8-6-15(7-9-23)22-11-13-4-5-13;/h1-3,10,13,15,22H,4-9,11-12H2;1H. The van der Waals surface area contributed by atoms with Crippen molar-refractivity contribution >= 4 is 18.3 Å². The van der Waals surface area contributed by atoms with Crippen molar-refractivity contribution in [2.45, 2.75) is 37.9 Å². The number of alkyl halides is 3. The Hall–Kier alpha value is -1.47. The summed E-state index contributed by atoms with van der Waals surface area (Å²) in [6, 6.07) is 5.06. The molecule has 3 rings (SSSR count). The largest absolute Gasteiger partial charge is 0.484 e. The van der Waals surface area contributed by atoms with Gasteiger partial charge in [-0.05, 0) is 56.3 Å². The minimum absolute atomic E-state index is 0. The van der Waals surface area contributed by atoms with Crippen LogP contribution in [0.4, 0.5) is 13.2 Å². The number of hydrogen-bond acceptors (Lipinski definition) is 3. The molecule has 26 heavy (non-hydrogen) atoms. The Bertz CT molecular complexity index is 600. The van der Waals surface area contributed by atoms with Crippen molar-refractivity contribution in [1.82, 2.24) is 10.2 Å². The van der Waals surface area contributed by atoms with Crippen LogP contribution in [0.3, 0.4) is 0 Å². The number of ether oxygens (including phenoxy) is 1. The van der Waals surface area contributed by atoms with Crippen LogP contribution in [-0.4, -0.2) is 43.1 Å². The van der Waals surface area contributed by atoms with Gasteiger partial charge in [0.15, 0.2) is 6.61 Å². The number of likely N-dealkylation sites (tertiary alicyclic amines) is 1. The van der Waals surface area contributed by atoms with Crippen LogP contribution in [0.5, 0.6) is 5.75 Å². The first-order valence-electron chi connectivity index (χ1n) is 8.73. The zero-order valence-electron chi connectivity index (χ0n) is 14.4. The van der Waals surface area contributed by atoms with Crippen molar-refractivity contribution < 1.29 is 22.7 Å². The minimum atomic E-state index is -4.42. The lowest BCUT2D eigenvalue weighted by molar-refractivity contribution is -0.137. The molecular weight excluding hydrogens is 369 g/mol. The topological polar surface area (TPSA) is 41.6 Å². The highest BCUT2D eigenvalue weighted by molar-refractivity contribution is 5.85. The van der Waals surface area contributed by atoms with E-state index in [0.717, 1.165) is 37.4 Å². The van der Waals surface area contributed by atoms with Gasteiger partial charge >= 0.3 is 6.18 Å². The van der Waals surface area contributed by atoms with Crippen LogP contribution in [0.15, 0.2) is 24.3 Å². The van der Waals surface area contributed by atoms with E-state index in [-0.39, 0.29) is 30.7 Å². The molecule has 2 fully saturated rings. The number of rotatable bonds is 6. The minimum Gasteiger partial charge on any atom is -0.484 e. The number of hydrogen-bond donors (Lipinski definition) is 1. The summed E-state index contributed by atoms with van der Waals surface area (Å²) in [6.07, 6.45) is 0.0250. The third-order valence-corrected chi connectivity index (χ3v) is 4.76. The second kappa shape index (κ2) is 8.95. The van der Waals surface area contributed by atoms with Crippen molar-refractivity contribution in [3.63, 3.8) is 0 Å². The molecule has 0 spiro atoms. The average Bonchev–Trinajstić information content (AvgIpc) is 3.42. The predicted octanol–water partition coefficient (Wildman–Crippen LogP) is 3.50. The molecule has 0 bridgehead atoms. The maximum absolute atomic E-state index is 12.7. The van der Waals surface area contributed by atoms with Crippen LogP contribution in [-0.2, 0) is 11.0 Å². The van der Waals surface area contributed by atoms with E-state index in [0.29, 0.717) is 19.1 Å². The monoisotopic (exact) mass is 392 g/mol. The summed E-state index contributed by atoms with van der Waals surface area (Å²) in [4.78, 5) is 13.9. The SMILES string of the molecule is Cl.O=C(COc1cccc(C(F)(F)F)c1)N1CCC(NCC2CC2)CC1. The third kappa shape index (κ3) is 6.06. The lowest BCUT2D eigenvalue weighted by atomic mass is 10.0. The maximum Gasteiger partial charge on any atom is 0.416 e. The molecule has 1 aliphatic carbocycles. The quantitative estimate of drug-likeness (QED) is 0.805. The normalized spacial score (nSPS) is 18.3. The van der Waals surface area contributed by atoms with Crippen molar-refractivity contribution in [3.05, 3.63) is 29.8 Å². The number of carbonyl (C=O) groups excluding carboxylic acids is 1. The lowest BCUT2D eigenvalue weighted by Crippen LogP contribution is -2.46.